The quantitative estimate of drug-likeness (QED) is 0.748. The molecule has 164 valence electrons. The van der Waals surface area contributed by atoms with Gasteiger partial charge in [-0.3, -0.25) is 9.48 Å². The molecular weight excluding hydrogens is 414 g/mol. The number of amides is 3. The van der Waals surface area contributed by atoms with Gasteiger partial charge in [0.1, 0.15) is 5.69 Å². The molecule has 3 amide bonds. The molecular formula is C23H28ClN5O2. The Hall–Kier alpha value is -2.54. The maximum Gasteiger partial charge on any atom is 0.315 e. The van der Waals surface area contributed by atoms with Crippen molar-refractivity contribution in [1.29, 1.82) is 0 Å². The van der Waals surface area contributed by atoms with Crippen LogP contribution in [0, 0.1) is 11.3 Å². The second kappa shape index (κ2) is 7.55. The first-order valence-electron chi connectivity index (χ1n) is 11.1. The van der Waals surface area contributed by atoms with Crippen LogP contribution in [-0.4, -0.2) is 33.2 Å². The Morgan fingerprint density at radius 1 is 1.13 bits per heavy atom. The molecule has 1 aliphatic heterocycles. The Morgan fingerprint density at radius 3 is 2.52 bits per heavy atom. The van der Waals surface area contributed by atoms with Gasteiger partial charge in [-0.05, 0) is 42.7 Å². The third-order valence-electron chi connectivity index (χ3n) is 7.59. The lowest BCUT2D eigenvalue weighted by Gasteiger charge is -2.54. The van der Waals surface area contributed by atoms with E-state index >= 15 is 0 Å². The molecule has 2 aromatic rings. The number of aromatic nitrogens is 2. The van der Waals surface area contributed by atoms with Crippen LogP contribution in [0.25, 0.3) is 11.3 Å². The molecule has 1 aromatic heterocycles. The average Bonchev–Trinajstić information content (AvgIpc) is 3.13. The maximum absolute atomic E-state index is 12.8. The van der Waals surface area contributed by atoms with Crippen molar-refractivity contribution in [3.63, 3.8) is 0 Å². The van der Waals surface area contributed by atoms with E-state index < -0.39 is 11.9 Å². The molecule has 3 aliphatic rings. The van der Waals surface area contributed by atoms with Crippen LogP contribution in [-0.2, 0) is 6.54 Å². The zero-order valence-electron chi connectivity index (χ0n) is 17.5. The highest BCUT2D eigenvalue weighted by Crippen LogP contribution is 2.58. The van der Waals surface area contributed by atoms with Crippen molar-refractivity contribution >= 4 is 23.5 Å². The molecule has 1 atom stereocenters. The molecule has 4 N–H and O–H groups in total. The number of carbonyl (C=O) groups is 2. The Labute approximate surface area is 186 Å². The summed E-state index contributed by atoms with van der Waals surface area (Å²) in [7, 11) is 0. The molecule has 2 fully saturated rings. The van der Waals surface area contributed by atoms with E-state index in [0.717, 1.165) is 43.4 Å². The number of hydrogen-bond donors (Lipinski definition) is 2. The van der Waals surface area contributed by atoms with Gasteiger partial charge in [-0.15, -0.1) is 0 Å². The SMILES string of the molecule is NC(=O)c1c(-c2cccc(Cl)c2)nn2c1C(C13CCCC(CCC1)C3)N(C(N)=O)CC2. The molecule has 2 bridgehead atoms. The average molecular weight is 442 g/mol. The van der Waals surface area contributed by atoms with Crippen LogP contribution in [0.4, 0.5) is 4.79 Å². The molecule has 0 radical (unpaired) electrons. The molecule has 1 unspecified atom stereocenters. The fourth-order valence-electron chi connectivity index (χ4n) is 6.46. The van der Waals surface area contributed by atoms with Gasteiger partial charge in [0, 0.05) is 17.1 Å². The zero-order valence-corrected chi connectivity index (χ0v) is 18.3. The second-order valence-corrected chi connectivity index (χ2v) is 9.79. The first-order valence-corrected chi connectivity index (χ1v) is 11.5. The Bertz CT molecular complexity index is 1040. The van der Waals surface area contributed by atoms with Gasteiger partial charge in [0.05, 0.1) is 23.8 Å². The fraction of sp³-hybridized carbons (Fsp3) is 0.522. The van der Waals surface area contributed by atoms with Gasteiger partial charge in [-0.1, -0.05) is 49.4 Å². The van der Waals surface area contributed by atoms with Gasteiger partial charge in [-0.25, -0.2) is 4.79 Å². The molecule has 8 heteroatoms. The molecule has 31 heavy (non-hydrogen) atoms. The normalized spacial score (nSPS) is 27.6. The van der Waals surface area contributed by atoms with Gasteiger partial charge in [0.15, 0.2) is 0 Å². The molecule has 7 nitrogen and oxygen atoms in total. The number of nitrogens with zero attached hydrogens (tertiary/aromatic N) is 3. The number of halogens is 1. The van der Waals surface area contributed by atoms with Crippen LogP contribution in [0.3, 0.4) is 0 Å². The first kappa shape index (κ1) is 20.4. The summed E-state index contributed by atoms with van der Waals surface area (Å²) >= 11 is 6.22. The van der Waals surface area contributed by atoms with Crippen molar-refractivity contribution in [2.24, 2.45) is 22.8 Å². The minimum atomic E-state index is -0.535. The summed E-state index contributed by atoms with van der Waals surface area (Å²) in [6.45, 7) is 0.962. The van der Waals surface area contributed by atoms with E-state index in [0.29, 0.717) is 35.3 Å². The summed E-state index contributed by atoms with van der Waals surface area (Å²) in [5.41, 5.74) is 14.1. The summed E-state index contributed by atoms with van der Waals surface area (Å²) in [6, 6.07) is 6.55. The van der Waals surface area contributed by atoms with Crippen molar-refractivity contribution in [3.8, 4) is 11.3 Å². The van der Waals surface area contributed by atoms with Crippen LogP contribution in [0.2, 0.25) is 5.02 Å². The summed E-state index contributed by atoms with van der Waals surface area (Å²) in [6.07, 6.45) is 7.84. The van der Waals surface area contributed by atoms with Crippen LogP contribution in [0.5, 0.6) is 0 Å². The van der Waals surface area contributed by atoms with Crippen molar-refractivity contribution < 1.29 is 9.59 Å². The van der Waals surface area contributed by atoms with Crippen molar-refractivity contribution in [2.75, 3.05) is 6.54 Å². The lowest BCUT2D eigenvalue weighted by atomic mass is 9.57. The molecule has 2 saturated carbocycles. The molecule has 2 aliphatic carbocycles. The minimum Gasteiger partial charge on any atom is -0.365 e. The van der Waals surface area contributed by atoms with Gasteiger partial charge < -0.3 is 16.4 Å². The number of nitrogens with two attached hydrogens (primary N) is 2. The van der Waals surface area contributed by atoms with Crippen LogP contribution in [0.15, 0.2) is 24.3 Å². The van der Waals surface area contributed by atoms with Crippen molar-refractivity contribution in [1.82, 2.24) is 14.7 Å². The summed E-state index contributed by atoms with van der Waals surface area (Å²) in [4.78, 5) is 27.1. The summed E-state index contributed by atoms with van der Waals surface area (Å²) < 4.78 is 1.88. The lowest BCUT2D eigenvalue weighted by molar-refractivity contribution is -0.0178. The van der Waals surface area contributed by atoms with E-state index in [1.165, 1.54) is 12.8 Å². The largest absolute Gasteiger partial charge is 0.365 e. The van der Waals surface area contributed by atoms with E-state index in [-0.39, 0.29) is 11.5 Å². The minimum absolute atomic E-state index is 0.0931. The number of benzene rings is 1. The second-order valence-electron chi connectivity index (χ2n) is 9.36. The third kappa shape index (κ3) is 3.30. The van der Waals surface area contributed by atoms with E-state index in [4.69, 9.17) is 28.2 Å². The Balaban J connectivity index is 1.72. The number of hydrogen-bond acceptors (Lipinski definition) is 3. The molecule has 1 aromatic carbocycles. The third-order valence-corrected chi connectivity index (χ3v) is 7.83. The van der Waals surface area contributed by atoms with Gasteiger partial charge >= 0.3 is 6.03 Å². The predicted molar refractivity (Wildman–Crippen MR) is 118 cm³/mol. The van der Waals surface area contributed by atoms with Crippen molar-refractivity contribution in [2.45, 2.75) is 57.5 Å². The first-order chi connectivity index (χ1) is 14.9. The number of fused-ring (bicyclic) bond motifs is 3. The molecule has 5 rings (SSSR count). The summed E-state index contributed by atoms with van der Waals surface area (Å²) in [5.74, 6) is 0.132. The monoisotopic (exact) mass is 441 g/mol. The highest BCUT2D eigenvalue weighted by molar-refractivity contribution is 6.30. The highest BCUT2D eigenvalue weighted by Gasteiger charge is 2.52. The maximum atomic E-state index is 12.8. The van der Waals surface area contributed by atoms with Gasteiger partial charge in [-0.2, -0.15) is 5.10 Å². The Morgan fingerprint density at radius 2 is 1.87 bits per heavy atom. The highest BCUT2D eigenvalue weighted by atomic mass is 35.5. The van der Waals surface area contributed by atoms with Crippen LogP contribution in [0.1, 0.15) is 67.0 Å². The lowest BCUT2D eigenvalue weighted by Crippen LogP contribution is -2.53. The number of primary amides is 2. The van der Waals surface area contributed by atoms with Crippen LogP contribution >= 0.6 is 11.6 Å². The molecule has 0 spiro atoms. The zero-order chi connectivity index (χ0) is 21.8. The summed E-state index contributed by atoms with van der Waals surface area (Å²) in [5, 5.41) is 5.37. The standard InChI is InChI=1S/C23H28ClN5O2/c24-16-7-1-6-15(12-16)18-17(21(25)30)19-20(28(22(26)31)10-11-29(19)27-18)23-8-2-4-14(13-23)5-3-9-23/h1,6-7,12,14,20H,2-5,8-11,13H2,(H2,25,30)(H2,26,31). The number of urea groups is 1. The Kier molecular flexibility index (Phi) is 4.96. The number of rotatable bonds is 3. The number of carbonyl (C=O) groups excluding carboxylic acids is 2. The van der Waals surface area contributed by atoms with Gasteiger partial charge in [0.2, 0.25) is 0 Å². The van der Waals surface area contributed by atoms with E-state index in [2.05, 4.69) is 0 Å². The topological polar surface area (TPSA) is 107 Å². The molecule has 0 saturated heterocycles. The van der Waals surface area contributed by atoms with Crippen LogP contribution < -0.4 is 11.5 Å². The van der Waals surface area contributed by atoms with E-state index in [9.17, 15) is 9.59 Å². The molecule has 2 heterocycles. The predicted octanol–water partition coefficient (Wildman–Crippen LogP) is 4.10. The van der Waals surface area contributed by atoms with Crippen molar-refractivity contribution in [3.05, 3.63) is 40.5 Å². The smallest absolute Gasteiger partial charge is 0.315 e. The fourth-order valence-corrected chi connectivity index (χ4v) is 6.65. The van der Waals surface area contributed by atoms with Gasteiger partial charge in [0.25, 0.3) is 5.91 Å². The van der Waals surface area contributed by atoms with E-state index in [1.807, 2.05) is 16.8 Å². The van der Waals surface area contributed by atoms with E-state index in [1.54, 1.807) is 17.0 Å².